The van der Waals surface area contributed by atoms with Gasteiger partial charge in [0.25, 0.3) is 0 Å². The van der Waals surface area contributed by atoms with E-state index in [2.05, 4.69) is 57.4 Å². The van der Waals surface area contributed by atoms with E-state index in [-0.39, 0.29) is 0 Å². The fraction of sp³-hybridized carbons (Fsp3) is 0.667. The van der Waals surface area contributed by atoms with Crippen LogP contribution in [0.1, 0.15) is 47.0 Å². The topological polar surface area (TPSA) is 3.24 Å². The molecule has 0 aromatic carbocycles. The summed E-state index contributed by atoms with van der Waals surface area (Å²) in [5.41, 5.74) is 2.54. The normalized spacial score (nSPS) is 26.0. The summed E-state index contributed by atoms with van der Waals surface area (Å²) in [5, 5.41) is 0. The summed E-state index contributed by atoms with van der Waals surface area (Å²) in [7, 11) is 0. The number of allylic oxidation sites excluding steroid dienone is 3. The first-order valence-corrected chi connectivity index (χ1v) is 7.85. The lowest BCUT2D eigenvalue weighted by atomic mass is 9.82. The zero-order valence-corrected chi connectivity index (χ0v) is 13.3. The van der Waals surface area contributed by atoms with Gasteiger partial charge in [-0.25, -0.2) is 0 Å². The lowest BCUT2D eigenvalue weighted by Gasteiger charge is -2.38. The second-order valence-corrected chi connectivity index (χ2v) is 5.71. The third-order valence-electron chi connectivity index (χ3n) is 4.50. The van der Waals surface area contributed by atoms with Crippen molar-refractivity contribution in [3.63, 3.8) is 0 Å². The highest BCUT2D eigenvalue weighted by molar-refractivity contribution is 5.38. The maximum absolute atomic E-state index is 4.27. The minimum atomic E-state index is 0.877. The molecule has 1 aliphatic rings. The maximum atomic E-state index is 4.27. The maximum Gasteiger partial charge on any atom is 0.0233 e. The van der Waals surface area contributed by atoms with Crippen LogP contribution in [-0.2, 0) is 0 Å². The zero-order chi connectivity index (χ0) is 14.3. The van der Waals surface area contributed by atoms with E-state index in [9.17, 15) is 0 Å². The van der Waals surface area contributed by atoms with Gasteiger partial charge in [0.2, 0.25) is 0 Å². The number of piperidine rings is 1. The fourth-order valence-electron chi connectivity index (χ4n) is 3.26. The lowest BCUT2D eigenvalue weighted by Crippen LogP contribution is -2.41. The molecule has 0 aliphatic carbocycles. The number of hydrogen-bond acceptors (Lipinski definition) is 1. The summed E-state index contributed by atoms with van der Waals surface area (Å²) in [6.45, 7) is 16.6. The molecule has 0 bridgehead atoms. The first kappa shape index (κ1) is 16.2. The number of nitrogens with zero attached hydrogens (tertiary/aromatic N) is 1. The quantitative estimate of drug-likeness (QED) is 0.619. The molecule has 1 saturated heterocycles. The molecule has 0 spiro atoms. The van der Waals surface area contributed by atoms with E-state index in [0.29, 0.717) is 0 Å². The Labute approximate surface area is 120 Å². The highest BCUT2D eigenvalue weighted by atomic mass is 15.1. The van der Waals surface area contributed by atoms with Gasteiger partial charge >= 0.3 is 0 Å². The van der Waals surface area contributed by atoms with Crippen LogP contribution in [0.4, 0.5) is 0 Å². The van der Waals surface area contributed by atoms with Crippen molar-refractivity contribution in [2.24, 2.45) is 11.8 Å². The zero-order valence-electron chi connectivity index (χ0n) is 13.3. The van der Waals surface area contributed by atoms with Crippen molar-refractivity contribution in [2.45, 2.75) is 47.0 Å². The summed E-state index contributed by atoms with van der Waals surface area (Å²) in [6.07, 6.45) is 10.4. The van der Waals surface area contributed by atoms with Crippen LogP contribution in [0.15, 0.2) is 36.0 Å². The van der Waals surface area contributed by atoms with Gasteiger partial charge in [-0.1, -0.05) is 51.5 Å². The third kappa shape index (κ3) is 4.65. The van der Waals surface area contributed by atoms with E-state index in [1.165, 1.54) is 43.5 Å². The number of rotatable bonds is 6. The molecule has 0 aromatic heterocycles. The van der Waals surface area contributed by atoms with Gasteiger partial charge in [-0.3, -0.25) is 4.90 Å². The van der Waals surface area contributed by atoms with E-state index in [4.69, 9.17) is 0 Å². The molecule has 1 nitrogen and oxygen atoms in total. The lowest BCUT2D eigenvalue weighted by molar-refractivity contribution is 0.122. The molecule has 0 aromatic rings. The molecule has 0 amide bonds. The van der Waals surface area contributed by atoms with E-state index in [1.807, 2.05) is 0 Å². The Balaban J connectivity index is 2.57. The molecule has 1 heterocycles. The minimum absolute atomic E-state index is 0.877. The van der Waals surface area contributed by atoms with Crippen LogP contribution in [0.25, 0.3) is 0 Å². The van der Waals surface area contributed by atoms with Crippen molar-refractivity contribution in [2.75, 3.05) is 19.6 Å². The Hall–Kier alpha value is -0.820. The molecule has 19 heavy (non-hydrogen) atoms. The van der Waals surface area contributed by atoms with Crippen LogP contribution in [0.2, 0.25) is 0 Å². The van der Waals surface area contributed by atoms with Gasteiger partial charge in [-0.15, -0.1) is 0 Å². The van der Waals surface area contributed by atoms with Gasteiger partial charge in [0.15, 0.2) is 0 Å². The Bertz CT molecular complexity index is 338. The summed E-state index contributed by atoms with van der Waals surface area (Å²) in [4.78, 5) is 2.59. The first-order valence-electron chi connectivity index (χ1n) is 7.85. The Morgan fingerprint density at radius 1 is 1.21 bits per heavy atom. The van der Waals surface area contributed by atoms with Gasteiger partial charge in [-0.05, 0) is 49.8 Å². The van der Waals surface area contributed by atoms with Crippen molar-refractivity contribution >= 4 is 0 Å². The number of hydrogen-bond donors (Lipinski definition) is 0. The van der Waals surface area contributed by atoms with Crippen molar-refractivity contribution in [3.05, 3.63) is 36.0 Å². The highest BCUT2D eigenvalue weighted by Crippen LogP contribution is 2.29. The molecule has 2 unspecified atom stereocenters. The number of likely N-dealkylation sites (tertiary alicyclic amines) is 1. The molecule has 2 atom stereocenters. The predicted octanol–water partition coefficient (Wildman–Crippen LogP) is 4.82. The Kier molecular flexibility index (Phi) is 7.15. The smallest absolute Gasteiger partial charge is 0.0233 e. The molecule has 0 radical (unpaired) electrons. The minimum Gasteiger partial charge on any atom is -0.299 e. The average molecular weight is 261 g/mol. The summed E-state index contributed by atoms with van der Waals surface area (Å²) in [6, 6.07) is 0. The van der Waals surface area contributed by atoms with Gasteiger partial charge in [0.05, 0.1) is 0 Å². The van der Waals surface area contributed by atoms with E-state index in [0.717, 1.165) is 18.4 Å². The van der Waals surface area contributed by atoms with Gasteiger partial charge in [0.1, 0.15) is 0 Å². The molecule has 1 rings (SSSR count). The second kappa shape index (κ2) is 8.37. The van der Waals surface area contributed by atoms with Crippen LogP contribution in [-0.4, -0.2) is 24.5 Å². The van der Waals surface area contributed by atoms with Crippen molar-refractivity contribution < 1.29 is 0 Å². The first-order chi connectivity index (χ1) is 9.15. The molecule has 1 heteroatoms. The summed E-state index contributed by atoms with van der Waals surface area (Å²) < 4.78 is 0. The van der Waals surface area contributed by atoms with Gasteiger partial charge in [0, 0.05) is 13.1 Å². The molecular formula is C18H31N. The van der Waals surface area contributed by atoms with Crippen molar-refractivity contribution in [1.82, 2.24) is 4.90 Å². The Morgan fingerprint density at radius 3 is 2.42 bits per heavy atom. The van der Waals surface area contributed by atoms with Crippen molar-refractivity contribution in [1.29, 1.82) is 0 Å². The predicted molar refractivity (Wildman–Crippen MR) is 86.3 cm³/mol. The average Bonchev–Trinajstić information content (AvgIpc) is 2.44. The fourth-order valence-corrected chi connectivity index (χ4v) is 3.26. The SMILES string of the molecule is C=C(CN1CCC(CC)C(CC)C1)C(/C=C\C)=C/C. The van der Waals surface area contributed by atoms with Crippen LogP contribution in [0.3, 0.4) is 0 Å². The van der Waals surface area contributed by atoms with Crippen molar-refractivity contribution in [3.8, 4) is 0 Å². The molecule has 108 valence electrons. The van der Waals surface area contributed by atoms with Crippen LogP contribution < -0.4 is 0 Å². The van der Waals surface area contributed by atoms with Crippen LogP contribution in [0, 0.1) is 11.8 Å². The van der Waals surface area contributed by atoms with Gasteiger partial charge < -0.3 is 0 Å². The summed E-state index contributed by atoms with van der Waals surface area (Å²) in [5.74, 6) is 1.81. The highest BCUT2D eigenvalue weighted by Gasteiger charge is 2.26. The molecule has 1 fully saturated rings. The molecule has 0 saturated carbocycles. The summed E-state index contributed by atoms with van der Waals surface area (Å²) >= 11 is 0. The monoisotopic (exact) mass is 261 g/mol. The molecular weight excluding hydrogens is 230 g/mol. The molecule has 0 N–H and O–H groups in total. The third-order valence-corrected chi connectivity index (χ3v) is 4.50. The van der Waals surface area contributed by atoms with Crippen LogP contribution in [0.5, 0.6) is 0 Å². The van der Waals surface area contributed by atoms with E-state index < -0.39 is 0 Å². The standard InChI is InChI=1S/C18H31N/c1-6-10-16(7-2)15(5)13-19-12-11-17(8-3)18(9-4)14-19/h6-7,10,17-18H,5,8-9,11-14H2,1-4H3/b10-6-,16-7+. The van der Waals surface area contributed by atoms with E-state index >= 15 is 0 Å². The largest absolute Gasteiger partial charge is 0.299 e. The van der Waals surface area contributed by atoms with Gasteiger partial charge in [-0.2, -0.15) is 0 Å². The van der Waals surface area contributed by atoms with E-state index in [1.54, 1.807) is 0 Å². The second-order valence-electron chi connectivity index (χ2n) is 5.71. The van der Waals surface area contributed by atoms with Crippen LogP contribution >= 0.6 is 0 Å². The molecule has 1 aliphatic heterocycles. The Morgan fingerprint density at radius 2 is 1.89 bits per heavy atom.